The fourth-order valence-electron chi connectivity index (χ4n) is 4.94. The van der Waals surface area contributed by atoms with Crippen LogP contribution in [0.3, 0.4) is 0 Å². The second-order valence-electron chi connectivity index (χ2n) is 10.4. The van der Waals surface area contributed by atoms with Crippen LogP contribution in [0.25, 0.3) is 6.08 Å². The summed E-state index contributed by atoms with van der Waals surface area (Å²) in [5.41, 5.74) is -0.533. The van der Waals surface area contributed by atoms with Gasteiger partial charge in [-0.1, -0.05) is 36.4 Å². The molecule has 238 valence electrons. The van der Waals surface area contributed by atoms with E-state index in [2.05, 4.69) is 21.8 Å². The number of ether oxygens (including phenoxy) is 3. The number of carbonyl (C=O) groups is 1. The summed E-state index contributed by atoms with van der Waals surface area (Å²) in [4.78, 5) is 21.2. The van der Waals surface area contributed by atoms with Gasteiger partial charge in [0, 0.05) is 28.5 Å². The Balaban J connectivity index is 1.32. The minimum absolute atomic E-state index is 0.00856. The van der Waals surface area contributed by atoms with Gasteiger partial charge in [-0.25, -0.2) is 27.6 Å². The normalized spacial score (nSPS) is 18.8. The summed E-state index contributed by atoms with van der Waals surface area (Å²) in [7, 11) is 0. The first kappa shape index (κ1) is 32.9. The van der Waals surface area contributed by atoms with Crippen molar-refractivity contribution in [3.63, 3.8) is 0 Å². The second kappa shape index (κ2) is 15.2. The molecule has 0 saturated carbocycles. The molecule has 0 N–H and O–H groups in total. The largest absolute Gasteiger partial charge is 0.447 e. The Kier molecular flexibility index (Phi) is 10.8. The van der Waals surface area contributed by atoms with Gasteiger partial charge in [-0.05, 0) is 56.1 Å². The number of aromatic nitrogens is 3. The molecule has 2 atom stereocenters. The van der Waals surface area contributed by atoms with Gasteiger partial charge in [-0.3, -0.25) is 4.99 Å². The van der Waals surface area contributed by atoms with Crippen molar-refractivity contribution < 1.29 is 32.2 Å². The molecular formula is C34H31F3N4O4S. The van der Waals surface area contributed by atoms with Crippen LogP contribution in [0.4, 0.5) is 18.9 Å². The van der Waals surface area contributed by atoms with Gasteiger partial charge in [0.1, 0.15) is 30.1 Å². The van der Waals surface area contributed by atoms with E-state index < -0.39 is 40.6 Å². The number of rotatable bonds is 12. The zero-order valence-electron chi connectivity index (χ0n) is 24.8. The monoisotopic (exact) mass is 648 g/mol. The van der Waals surface area contributed by atoms with Crippen molar-refractivity contribution in [2.24, 2.45) is 4.99 Å². The SMILES string of the molecule is C=Nc1ccc(/C=C/C=C/C2OCC(SC(C)C(Cn3cncn3)(OC(=O)c3ccccc3)c3ccc(F)cc3F)CO2)c(F)c1. The van der Waals surface area contributed by atoms with Crippen molar-refractivity contribution in [2.45, 2.75) is 35.9 Å². The molecule has 1 aromatic heterocycles. The minimum Gasteiger partial charge on any atom is -0.447 e. The standard InChI is InChI=1S/C34H31F3N4O4S/c1-23(46-28-18-43-32(44-19-28)11-7-6-8-24-12-14-27(38-2)17-30(24)36)34(20-41-22-39-21-40-41,29-15-13-26(35)16-31(29)37)45-33(42)25-9-4-3-5-10-25/h3-17,21-23,28,32H,2,18-20H2,1H3/b8-6+,11-7+. The van der Waals surface area contributed by atoms with Gasteiger partial charge >= 0.3 is 5.97 Å². The van der Waals surface area contributed by atoms with Gasteiger partial charge in [-0.15, -0.1) is 11.8 Å². The first-order chi connectivity index (χ1) is 22.3. The predicted octanol–water partition coefficient (Wildman–Crippen LogP) is 6.91. The molecular weight excluding hydrogens is 617 g/mol. The molecule has 1 aliphatic rings. The highest BCUT2D eigenvalue weighted by Gasteiger charge is 2.47. The van der Waals surface area contributed by atoms with Crippen LogP contribution in [-0.2, 0) is 26.4 Å². The topological polar surface area (TPSA) is 87.8 Å². The zero-order chi connectivity index (χ0) is 32.5. The fourth-order valence-corrected chi connectivity index (χ4v) is 6.30. The number of esters is 1. The molecule has 0 amide bonds. The molecule has 8 nitrogen and oxygen atoms in total. The Bertz CT molecular complexity index is 1700. The minimum atomic E-state index is -1.64. The molecule has 2 heterocycles. The van der Waals surface area contributed by atoms with Crippen molar-refractivity contribution in [2.75, 3.05) is 13.2 Å². The summed E-state index contributed by atoms with van der Waals surface area (Å²) in [6.07, 6.45) is 8.80. The maximum Gasteiger partial charge on any atom is 0.339 e. The van der Waals surface area contributed by atoms with E-state index in [9.17, 15) is 13.6 Å². The molecule has 0 spiro atoms. The Morgan fingerprint density at radius 2 is 1.89 bits per heavy atom. The summed E-state index contributed by atoms with van der Waals surface area (Å²) in [6.45, 7) is 5.65. The molecule has 0 aliphatic carbocycles. The third kappa shape index (κ3) is 8.00. The van der Waals surface area contributed by atoms with Crippen LogP contribution in [0.5, 0.6) is 0 Å². The molecule has 1 aliphatic heterocycles. The van der Waals surface area contributed by atoms with E-state index in [1.807, 2.05) is 0 Å². The van der Waals surface area contributed by atoms with Crippen LogP contribution in [-0.4, -0.2) is 57.5 Å². The van der Waals surface area contributed by atoms with Crippen molar-refractivity contribution in [1.82, 2.24) is 14.8 Å². The molecule has 3 aromatic carbocycles. The van der Waals surface area contributed by atoms with E-state index in [0.717, 1.165) is 12.1 Å². The number of carbonyl (C=O) groups excluding carboxylic acids is 1. The maximum absolute atomic E-state index is 15.6. The lowest BCUT2D eigenvalue weighted by Gasteiger charge is -2.40. The Morgan fingerprint density at radius 1 is 1.11 bits per heavy atom. The third-order valence-corrected chi connectivity index (χ3v) is 8.75. The number of hydrogen-bond donors (Lipinski definition) is 0. The summed E-state index contributed by atoms with van der Waals surface area (Å²) in [5, 5.41) is 3.35. The number of thioether (sulfide) groups is 1. The van der Waals surface area contributed by atoms with E-state index in [-0.39, 0.29) is 36.1 Å². The van der Waals surface area contributed by atoms with Gasteiger partial charge in [0.2, 0.25) is 0 Å². The lowest BCUT2D eigenvalue weighted by molar-refractivity contribution is -0.146. The van der Waals surface area contributed by atoms with Crippen molar-refractivity contribution in [1.29, 1.82) is 0 Å². The highest BCUT2D eigenvalue weighted by atomic mass is 32.2. The van der Waals surface area contributed by atoms with E-state index in [0.29, 0.717) is 11.3 Å². The lowest BCUT2D eigenvalue weighted by atomic mass is 9.89. The van der Waals surface area contributed by atoms with Crippen LogP contribution in [0.15, 0.2) is 103 Å². The third-order valence-electron chi connectivity index (χ3n) is 7.30. The maximum atomic E-state index is 15.6. The highest BCUT2D eigenvalue weighted by molar-refractivity contribution is 8.00. The molecule has 0 bridgehead atoms. The zero-order valence-corrected chi connectivity index (χ0v) is 25.7. The number of aliphatic imine (C=N–C) groups is 1. The Hall–Kier alpha value is -4.52. The molecule has 46 heavy (non-hydrogen) atoms. The highest BCUT2D eigenvalue weighted by Crippen LogP contribution is 2.42. The first-order valence-corrected chi connectivity index (χ1v) is 15.3. The molecule has 2 unspecified atom stereocenters. The second-order valence-corrected chi connectivity index (χ2v) is 12.1. The van der Waals surface area contributed by atoms with Gasteiger partial charge in [0.05, 0.1) is 36.3 Å². The summed E-state index contributed by atoms with van der Waals surface area (Å²) < 4.78 is 63.2. The number of halogens is 3. The number of nitrogens with zero attached hydrogens (tertiary/aromatic N) is 4. The summed E-state index contributed by atoms with van der Waals surface area (Å²) in [6, 6.07) is 16.1. The Labute approximate surface area is 268 Å². The molecule has 12 heteroatoms. The number of benzene rings is 3. The van der Waals surface area contributed by atoms with Gasteiger partial charge in [0.25, 0.3) is 0 Å². The van der Waals surface area contributed by atoms with Crippen LogP contribution in [0, 0.1) is 17.5 Å². The number of hydrogen-bond acceptors (Lipinski definition) is 8. The van der Waals surface area contributed by atoms with E-state index in [4.69, 9.17) is 14.2 Å². The Morgan fingerprint density at radius 3 is 2.57 bits per heavy atom. The molecule has 1 fully saturated rings. The van der Waals surface area contributed by atoms with Crippen LogP contribution in [0.2, 0.25) is 0 Å². The summed E-state index contributed by atoms with van der Waals surface area (Å²) >= 11 is 1.39. The van der Waals surface area contributed by atoms with E-state index in [1.165, 1.54) is 41.2 Å². The molecule has 0 radical (unpaired) electrons. The molecule has 1 saturated heterocycles. The van der Waals surface area contributed by atoms with Gasteiger partial charge in [-0.2, -0.15) is 5.10 Å². The lowest BCUT2D eigenvalue weighted by Crippen LogP contribution is -2.47. The van der Waals surface area contributed by atoms with Crippen molar-refractivity contribution in [3.05, 3.63) is 132 Å². The van der Waals surface area contributed by atoms with Crippen LogP contribution in [0.1, 0.15) is 28.4 Å². The van der Waals surface area contributed by atoms with Gasteiger partial charge < -0.3 is 14.2 Å². The molecule has 4 aromatic rings. The first-order valence-electron chi connectivity index (χ1n) is 14.3. The van der Waals surface area contributed by atoms with Crippen LogP contribution >= 0.6 is 11.8 Å². The van der Waals surface area contributed by atoms with E-state index in [1.54, 1.807) is 73.7 Å². The van der Waals surface area contributed by atoms with Gasteiger partial charge in [0.15, 0.2) is 11.9 Å². The van der Waals surface area contributed by atoms with Crippen LogP contribution < -0.4 is 0 Å². The quantitative estimate of drug-likeness (QED) is 0.0937. The molecule has 5 rings (SSSR count). The van der Waals surface area contributed by atoms with E-state index >= 15 is 4.39 Å². The average molecular weight is 649 g/mol. The fraction of sp³-hybridized carbons (Fsp3) is 0.235. The average Bonchev–Trinajstić information content (AvgIpc) is 3.57. The summed E-state index contributed by atoms with van der Waals surface area (Å²) in [5.74, 6) is -2.72. The smallest absolute Gasteiger partial charge is 0.339 e. The predicted molar refractivity (Wildman–Crippen MR) is 170 cm³/mol. The van der Waals surface area contributed by atoms with Crippen molar-refractivity contribution >= 4 is 36.2 Å². The number of allylic oxidation sites excluding steroid dienone is 2. The van der Waals surface area contributed by atoms with Crippen molar-refractivity contribution in [3.8, 4) is 0 Å².